The van der Waals surface area contributed by atoms with Gasteiger partial charge in [0, 0.05) is 32.5 Å². The predicted octanol–water partition coefficient (Wildman–Crippen LogP) is 15.1. The molecule has 0 amide bonds. The average Bonchev–Trinajstić information content (AvgIpc) is 3.80. The molecule has 3 aliphatic rings. The molecule has 11 rings (SSSR count). The first-order valence-electron chi connectivity index (χ1n) is 24.4. The molecule has 8 aromatic rings. The number of fused-ring (bicyclic) bond motifs is 7. The van der Waals surface area contributed by atoms with E-state index < -0.39 is 0 Å². The molecular weight excluding hydrogens is 818 g/mol. The smallest absolute Gasteiger partial charge is 0.309 e. The van der Waals surface area contributed by atoms with Gasteiger partial charge in [-0.15, -0.1) is 11.3 Å². The van der Waals surface area contributed by atoms with Crippen molar-refractivity contribution >= 4 is 66.6 Å². The topological polar surface area (TPSA) is 12.1 Å². The highest BCUT2D eigenvalue weighted by molar-refractivity contribution is 7.31. The van der Waals surface area contributed by atoms with Crippen molar-refractivity contribution in [2.45, 2.75) is 144 Å². The number of para-hydroxylation sites is 1. The van der Waals surface area contributed by atoms with E-state index in [1.165, 1.54) is 128 Å². The Morgan fingerprint density at radius 2 is 1.20 bits per heavy atom. The summed E-state index contributed by atoms with van der Waals surface area (Å²) in [5.41, 5.74) is 22.9. The molecule has 0 saturated carbocycles. The lowest BCUT2D eigenvalue weighted by Crippen LogP contribution is -2.70. The maximum atomic E-state index is 2.76. The summed E-state index contributed by atoms with van der Waals surface area (Å²) >= 11 is 2.00. The second kappa shape index (κ2) is 14.1. The summed E-state index contributed by atoms with van der Waals surface area (Å²) in [5, 5.41) is 1.34. The number of hydrogen-bond donors (Lipinski definition) is 0. The molecule has 0 atom stereocenters. The third kappa shape index (κ3) is 6.38. The van der Waals surface area contributed by atoms with Crippen molar-refractivity contribution in [1.82, 2.24) is 4.57 Å². The molecule has 334 valence electrons. The van der Waals surface area contributed by atoms with Crippen LogP contribution in [0.25, 0.3) is 49.3 Å². The molecular formula is C61H67BN3S+. The molecule has 3 nitrogen and oxygen atoms in total. The predicted molar refractivity (Wildman–Crippen MR) is 286 cm³/mol. The van der Waals surface area contributed by atoms with Crippen LogP contribution < -0.4 is 19.6 Å². The molecule has 5 heteroatoms. The number of hydrogen-bond acceptors (Lipinski definition) is 2. The Hall–Kier alpha value is -5.39. The Bertz CT molecular complexity index is 3320. The highest BCUT2D eigenvalue weighted by atomic mass is 32.1. The molecule has 0 unspecified atom stereocenters. The van der Waals surface area contributed by atoms with Crippen molar-refractivity contribution in [2.75, 3.05) is 4.90 Å². The summed E-state index contributed by atoms with van der Waals surface area (Å²) in [6, 6.07) is 43.4. The van der Waals surface area contributed by atoms with Gasteiger partial charge in [0.05, 0.1) is 16.0 Å². The van der Waals surface area contributed by atoms with Gasteiger partial charge in [-0.05, 0) is 159 Å². The number of thiophene rings is 1. The molecule has 0 fully saturated rings. The van der Waals surface area contributed by atoms with Gasteiger partial charge in [0.2, 0.25) is 0 Å². The van der Waals surface area contributed by atoms with Crippen LogP contribution in [-0.4, -0.2) is 11.4 Å². The second-order valence-electron chi connectivity index (χ2n) is 24.5. The number of aryl methyl sites for hydroxylation is 2. The lowest BCUT2D eigenvalue weighted by atomic mass is 9.48. The van der Waals surface area contributed by atoms with Gasteiger partial charge in [0.25, 0.3) is 5.82 Å². The zero-order valence-corrected chi connectivity index (χ0v) is 43.0. The van der Waals surface area contributed by atoms with E-state index in [1.807, 2.05) is 11.3 Å². The van der Waals surface area contributed by atoms with Gasteiger partial charge >= 0.3 is 6.85 Å². The van der Waals surface area contributed by atoms with Crippen LogP contribution in [0.3, 0.4) is 0 Å². The number of benzene rings is 6. The van der Waals surface area contributed by atoms with Gasteiger partial charge in [-0.3, -0.25) is 4.48 Å². The quantitative estimate of drug-likeness (QED) is 0.161. The largest absolute Gasteiger partial charge is 0.462 e. The van der Waals surface area contributed by atoms with Crippen LogP contribution in [0, 0.1) is 13.8 Å². The minimum atomic E-state index is -0.0598. The summed E-state index contributed by atoms with van der Waals surface area (Å²) in [5.74, 6) is 1.21. The minimum Gasteiger partial charge on any atom is -0.309 e. The fraction of sp³-hybridized carbons (Fsp3) is 0.361. The van der Waals surface area contributed by atoms with Crippen LogP contribution in [0.5, 0.6) is 0 Å². The average molecular weight is 885 g/mol. The van der Waals surface area contributed by atoms with Crippen molar-refractivity contribution in [1.29, 1.82) is 0 Å². The summed E-state index contributed by atoms with van der Waals surface area (Å²) in [7, 11) is 0. The van der Waals surface area contributed by atoms with E-state index in [0.29, 0.717) is 0 Å². The molecule has 4 heterocycles. The maximum Gasteiger partial charge on any atom is 0.462 e. The number of anilines is 3. The third-order valence-electron chi connectivity index (χ3n) is 15.7. The van der Waals surface area contributed by atoms with Crippen LogP contribution >= 0.6 is 11.3 Å². The number of nitrogens with zero attached hydrogens (tertiary/aromatic N) is 3. The fourth-order valence-corrected chi connectivity index (χ4v) is 13.0. The molecule has 1 aliphatic carbocycles. The van der Waals surface area contributed by atoms with Crippen molar-refractivity contribution < 1.29 is 4.48 Å². The van der Waals surface area contributed by atoms with E-state index in [-0.39, 0.29) is 33.9 Å². The van der Waals surface area contributed by atoms with Gasteiger partial charge in [0.15, 0.2) is 11.0 Å². The Morgan fingerprint density at radius 3 is 1.82 bits per heavy atom. The molecule has 2 aliphatic heterocycles. The first kappa shape index (κ1) is 43.2. The van der Waals surface area contributed by atoms with E-state index in [2.05, 4.69) is 227 Å². The number of rotatable bonds is 3. The number of aromatic nitrogens is 2. The standard InChI is InChI=1S/C61H67BN3S/c1-36-31-44-43-17-16-18-48-53(43)65(56(38-19-21-39(22-20-38)57(3,4)5)63(48)42-26-23-40(24-27-42)58(6,7)8)62-52(44)50(32-36)64(54-45-34-41(59(9,10)11)25-28-51(45)66-55(54)62)49-35-47-46(33-37(49)2)60(12,13)29-30-61(47,14)15/h16-28,31-35H,29-30H2,1-15H3/q+1. The van der Waals surface area contributed by atoms with Crippen LogP contribution in [0.4, 0.5) is 17.1 Å². The number of imidazole rings is 1. The van der Waals surface area contributed by atoms with Gasteiger partial charge in [-0.25, -0.2) is 0 Å². The van der Waals surface area contributed by atoms with Crippen molar-refractivity contribution in [3.63, 3.8) is 0 Å². The van der Waals surface area contributed by atoms with E-state index in [1.54, 1.807) is 0 Å². The van der Waals surface area contributed by atoms with E-state index >= 15 is 0 Å². The van der Waals surface area contributed by atoms with Gasteiger partial charge in [0.1, 0.15) is 5.69 Å². The summed E-state index contributed by atoms with van der Waals surface area (Å²) in [4.78, 5) is 2.72. The molecule has 0 saturated heterocycles. The second-order valence-corrected chi connectivity index (χ2v) is 25.6. The summed E-state index contributed by atoms with van der Waals surface area (Å²) in [6.45, 7) is 35.4. The van der Waals surface area contributed by atoms with Crippen molar-refractivity contribution in [2.24, 2.45) is 0 Å². The van der Waals surface area contributed by atoms with E-state index in [0.717, 1.165) is 0 Å². The molecule has 0 N–H and O–H groups in total. The monoisotopic (exact) mass is 885 g/mol. The lowest BCUT2D eigenvalue weighted by molar-refractivity contribution is -0.490. The molecule has 0 radical (unpaired) electrons. The molecule has 0 bridgehead atoms. The Balaban J connectivity index is 1.29. The normalized spacial score (nSPS) is 16.2. The highest BCUT2D eigenvalue weighted by Gasteiger charge is 2.52. The first-order chi connectivity index (χ1) is 30.9. The van der Waals surface area contributed by atoms with E-state index in [4.69, 9.17) is 0 Å². The Morgan fingerprint density at radius 1 is 0.606 bits per heavy atom. The summed E-state index contributed by atoms with van der Waals surface area (Å²) < 4.78 is 8.08. The zero-order valence-electron chi connectivity index (χ0n) is 42.1. The maximum absolute atomic E-state index is 2.76. The first-order valence-corrected chi connectivity index (χ1v) is 25.2. The van der Waals surface area contributed by atoms with E-state index in [9.17, 15) is 0 Å². The highest BCUT2D eigenvalue weighted by Crippen LogP contribution is 2.52. The molecule has 2 aromatic heterocycles. The van der Waals surface area contributed by atoms with Crippen LogP contribution in [-0.2, 0) is 27.1 Å². The minimum absolute atomic E-state index is 0.00163. The van der Waals surface area contributed by atoms with Crippen LogP contribution in [0.1, 0.15) is 142 Å². The van der Waals surface area contributed by atoms with Gasteiger partial charge in [-0.2, -0.15) is 4.57 Å². The van der Waals surface area contributed by atoms with Crippen LogP contribution in [0.15, 0.2) is 109 Å². The van der Waals surface area contributed by atoms with Crippen molar-refractivity contribution in [3.05, 3.63) is 148 Å². The van der Waals surface area contributed by atoms with Gasteiger partial charge in [-0.1, -0.05) is 139 Å². The van der Waals surface area contributed by atoms with Gasteiger partial charge < -0.3 is 4.90 Å². The fourth-order valence-electron chi connectivity index (χ4n) is 11.7. The Labute approximate surface area is 398 Å². The lowest BCUT2D eigenvalue weighted by Gasteiger charge is -2.44. The Kier molecular flexibility index (Phi) is 9.22. The summed E-state index contributed by atoms with van der Waals surface area (Å²) in [6.07, 6.45) is 2.38. The van der Waals surface area contributed by atoms with Crippen molar-refractivity contribution in [3.8, 4) is 28.2 Å². The zero-order chi connectivity index (χ0) is 46.8. The SMILES string of the molecule is Cc1cc2c3c(c1)N(c1cc4c(cc1C)C(C)(C)CCC4(C)C)c1c(sc4ccc(C(C)(C)C)cc14)B3[n+]1c(-c3ccc(C(C)(C)C)cc3)n(-c3ccc(C(C)(C)C)cc3)c3cccc-2c31. The molecule has 66 heavy (non-hydrogen) atoms. The third-order valence-corrected chi connectivity index (χ3v) is 17.0. The van der Waals surface area contributed by atoms with Crippen LogP contribution in [0.2, 0.25) is 0 Å². The molecule has 0 spiro atoms. The molecule has 6 aromatic carbocycles.